The highest BCUT2D eigenvalue weighted by Gasteiger charge is 1.95. The molecular weight excluding hydrogens is 348 g/mol. The van der Waals surface area contributed by atoms with E-state index in [9.17, 15) is 0 Å². The summed E-state index contributed by atoms with van der Waals surface area (Å²) in [5.41, 5.74) is 0. The van der Waals surface area contributed by atoms with Crippen molar-refractivity contribution >= 4 is 0 Å². The first kappa shape index (κ1) is 28.2. The predicted molar refractivity (Wildman–Crippen MR) is 134 cm³/mol. The molecule has 0 saturated heterocycles. The van der Waals surface area contributed by atoms with Gasteiger partial charge in [-0.2, -0.15) is 0 Å². The van der Waals surface area contributed by atoms with Gasteiger partial charge < -0.3 is 0 Å². The molecule has 0 atom stereocenters. The van der Waals surface area contributed by atoms with Gasteiger partial charge in [-0.05, 0) is 12.8 Å². The summed E-state index contributed by atoms with van der Waals surface area (Å²) in [7, 11) is 0. The molecule has 0 fully saturated rings. The second-order valence-electron chi connectivity index (χ2n) is 8.87. The molecule has 0 aromatic carbocycles. The van der Waals surface area contributed by atoms with Crippen LogP contribution in [0.2, 0.25) is 0 Å². The largest absolute Gasteiger partial charge is 0.0845 e. The van der Waals surface area contributed by atoms with E-state index in [2.05, 4.69) is 19.1 Å². The quantitative estimate of drug-likeness (QED) is 0.111. The molecule has 0 unspecified atom stereocenters. The lowest BCUT2D eigenvalue weighted by atomic mass is 10.0. The first-order valence-corrected chi connectivity index (χ1v) is 13.3. The van der Waals surface area contributed by atoms with Crippen molar-refractivity contribution in [2.75, 3.05) is 0 Å². The third-order valence-corrected chi connectivity index (χ3v) is 5.94. The van der Waals surface area contributed by atoms with Crippen molar-refractivity contribution in [3.05, 3.63) is 37.0 Å². The average Bonchev–Trinajstić information content (AvgIpc) is 2.74. The summed E-state index contributed by atoms with van der Waals surface area (Å²) in [6.45, 7) is 7.58. The highest BCUT2D eigenvalue weighted by atomic mass is 14.0. The Bertz CT molecular complexity index is 349. The van der Waals surface area contributed by atoms with Crippen LogP contribution in [-0.4, -0.2) is 0 Å². The molecule has 0 nitrogen and oxygen atoms in total. The van der Waals surface area contributed by atoms with E-state index >= 15 is 0 Å². The zero-order valence-electron chi connectivity index (χ0n) is 20.0. The Morgan fingerprint density at radius 2 is 0.759 bits per heavy atom. The van der Waals surface area contributed by atoms with Crippen molar-refractivity contribution in [1.82, 2.24) is 0 Å². The zero-order valence-corrected chi connectivity index (χ0v) is 20.0. The molecular formula is C29H53. The van der Waals surface area contributed by atoms with Crippen LogP contribution in [0.5, 0.6) is 0 Å². The van der Waals surface area contributed by atoms with Crippen molar-refractivity contribution in [2.24, 2.45) is 0 Å². The fraction of sp³-hybridized carbons (Fsp3) is 0.793. The van der Waals surface area contributed by atoms with E-state index in [4.69, 9.17) is 6.58 Å². The van der Waals surface area contributed by atoms with Crippen molar-refractivity contribution in [1.29, 1.82) is 0 Å². The molecule has 0 amide bonds. The standard InChI is InChI=1S/C29H53/c1-3-5-7-9-11-13-15-17-19-21-23-25-27-29-28-26-24-22-20-18-16-14-12-10-8-6-4-2/h1,3,5,7,9,11H,4,6,8,10,12-29H2,2H3. The van der Waals surface area contributed by atoms with Gasteiger partial charge in [-0.3, -0.25) is 0 Å². The third-order valence-electron chi connectivity index (χ3n) is 5.94. The zero-order chi connectivity index (χ0) is 21.1. The van der Waals surface area contributed by atoms with E-state index in [0.29, 0.717) is 0 Å². The lowest BCUT2D eigenvalue weighted by Gasteiger charge is -2.04. The number of rotatable bonds is 24. The molecule has 0 heteroatoms. The Balaban J connectivity index is 3.04. The van der Waals surface area contributed by atoms with Gasteiger partial charge >= 0.3 is 0 Å². The van der Waals surface area contributed by atoms with Crippen LogP contribution in [0.4, 0.5) is 0 Å². The Hall–Kier alpha value is -0.780. The molecule has 0 aliphatic rings. The molecule has 0 aliphatic heterocycles. The van der Waals surface area contributed by atoms with Gasteiger partial charge in [0.25, 0.3) is 0 Å². The third kappa shape index (κ3) is 27.2. The molecule has 0 bridgehead atoms. The number of hydrogen-bond acceptors (Lipinski definition) is 0. The first-order chi connectivity index (χ1) is 14.4. The topological polar surface area (TPSA) is 0 Å². The predicted octanol–water partition coefficient (Wildman–Crippen LogP) is 10.7. The van der Waals surface area contributed by atoms with Crippen LogP contribution in [-0.2, 0) is 0 Å². The van der Waals surface area contributed by atoms with Gasteiger partial charge in [0.05, 0.1) is 0 Å². The normalized spacial score (nSPS) is 11.8. The van der Waals surface area contributed by atoms with Gasteiger partial charge in [-0.15, -0.1) is 0 Å². The van der Waals surface area contributed by atoms with Crippen molar-refractivity contribution in [3.63, 3.8) is 0 Å². The van der Waals surface area contributed by atoms with E-state index in [1.807, 2.05) is 12.2 Å². The molecule has 169 valence electrons. The smallest absolute Gasteiger partial charge is 0.0348 e. The van der Waals surface area contributed by atoms with Crippen LogP contribution in [0.3, 0.4) is 0 Å². The van der Waals surface area contributed by atoms with Crippen molar-refractivity contribution < 1.29 is 0 Å². The SMILES string of the molecule is [CH]=CC=CC=CCCCCCCCCCCCCCCCCCCCCCCC. The maximum atomic E-state index is 5.28. The van der Waals surface area contributed by atoms with Gasteiger partial charge in [0.1, 0.15) is 0 Å². The maximum Gasteiger partial charge on any atom is -0.0348 e. The van der Waals surface area contributed by atoms with E-state index < -0.39 is 0 Å². The van der Waals surface area contributed by atoms with E-state index in [1.54, 1.807) is 6.08 Å². The molecule has 0 spiro atoms. The Labute approximate surface area is 185 Å². The molecule has 0 aliphatic carbocycles. The summed E-state index contributed by atoms with van der Waals surface area (Å²) >= 11 is 0. The molecule has 0 aromatic rings. The van der Waals surface area contributed by atoms with Gasteiger partial charge in [-0.1, -0.05) is 172 Å². The molecule has 0 aromatic heterocycles. The summed E-state index contributed by atoms with van der Waals surface area (Å²) in [4.78, 5) is 0. The van der Waals surface area contributed by atoms with Crippen LogP contribution >= 0.6 is 0 Å². The fourth-order valence-electron chi connectivity index (χ4n) is 4.00. The summed E-state index contributed by atoms with van der Waals surface area (Å²) in [6, 6.07) is 0. The summed E-state index contributed by atoms with van der Waals surface area (Å²) in [5, 5.41) is 0. The Morgan fingerprint density at radius 3 is 1.10 bits per heavy atom. The molecule has 0 heterocycles. The van der Waals surface area contributed by atoms with E-state index in [1.165, 1.54) is 141 Å². The molecule has 29 heavy (non-hydrogen) atoms. The van der Waals surface area contributed by atoms with Gasteiger partial charge in [0.2, 0.25) is 0 Å². The van der Waals surface area contributed by atoms with Crippen LogP contribution in [0, 0.1) is 6.58 Å². The Morgan fingerprint density at radius 1 is 0.414 bits per heavy atom. The maximum absolute atomic E-state index is 5.28. The molecule has 1 radical (unpaired) electrons. The molecule has 0 N–H and O–H groups in total. The highest BCUT2D eigenvalue weighted by molar-refractivity contribution is 5.07. The minimum Gasteiger partial charge on any atom is -0.0845 e. The Kier molecular flexibility index (Phi) is 26.5. The van der Waals surface area contributed by atoms with Crippen LogP contribution < -0.4 is 0 Å². The summed E-state index contributed by atoms with van der Waals surface area (Å²) in [5.74, 6) is 0. The lowest BCUT2D eigenvalue weighted by Crippen LogP contribution is -1.84. The first-order valence-electron chi connectivity index (χ1n) is 13.3. The van der Waals surface area contributed by atoms with Crippen LogP contribution in [0.1, 0.15) is 148 Å². The van der Waals surface area contributed by atoms with Crippen molar-refractivity contribution in [2.45, 2.75) is 148 Å². The van der Waals surface area contributed by atoms with E-state index in [0.717, 1.165) is 0 Å². The summed E-state index contributed by atoms with van der Waals surface area (Å²) < 4.78 is 0. The van der Waals surface area contributed by atoms with Crippen LogP contribution in [0.25, 0.3) is 0 Å². The van der Waals surface area contributed by atoms with Gasteiger partial charge in [-0.25, -0.2) is 0 Å². The summed E-state index contributed by atoms with van der Waals surface area (Å²) in [6.07, 6.45) is 41.4. The average molecular weight is 402 g/mol. The monoisotopic (exact) mass is 401 g/mol. The number of allylic oxidation sites excluding steroid dienone is 5. The molecule has 0 saturated carbocycles. The number of unbranched alkanes of at least 4 members (excludes halogenated alkanes) is 21. The lowest BCUT2D eigenvalue weighted by molar-refractivity contribution is 0.520. The van der Waals surface area contributed by atoms with Gasteiger partial charge in [0.15, 0.2) is 0 Å². The highest BCUT2D eigenvalue weighted by Crippen LogP contribution is 2.15. The second-order valence-corrected chi connectivity index (χ2v) is 8.87. The number of hydrogen-bond donors (Lipinski definition) is 0. The molecule has 0 rings (SSSR count). The minimum atomic E-state index is 1.20. The minimum absolute atomic E-state index is 1.20. The van der Waals surface area contributed by atoms with Gasteiger partial charge in [0, 0.05) is 0 Å². The fourth-order valence-corrected chi connectivity index (χ4v) is 4.00. The second kappa shape index (κ2) is 27.2. The van der Waals surface area contributed by atoms with E-state index in [-0.39, 0.29) is 0 Å². The van der Waals surface area contributed by atoms with Crippen LogP contribution in [0.15, 0.2) is 30.4 Å². The van der Waals surface area contributed by atoms with Crippen molar-refractivity contribution in [3.8, 4) is 0 Å².